The quantitative estimate of drug-likeness (QED) is 0.857. The van der Waals surface area contributed by atoms with E-state index in [-0.39, 0.29) is 0 Å². The smallest absolute Gasteiger partial charge is 0.318 e. The second-order valence-corrected chi connectivity index (χ2v) is 8.32. The average molecular weight is 292 g/mol. The lowest BCUT2D eigenvalue weighted by Gasteiger charge is -2.46. The van der Waals surface area contributed by atoms with Crippen molar-refractivity contribution in [1.29, 1.82) is 0 Å². The molecule has 0 atom stereocenters. The van der Waals surface area contributed by atoms with Gasteiger partial charge in [-0.2, -0.15) is 0 Å². The normalized spacial score (nSPS) is 25.4. The van der Waals surface area contributed by atoms with Crippen molar-refractivity contribution in [3.63, 3.8) is 0 Å². The Hall–Kier alpha value is -1.10. The second kappa shape index (κ2) is 5.27. The molecule has 0 unspecified atom stereocenters. The zero-order valence-electron chi connectivity index (χ0n) is 13.9. The number of piperidine rings is 1. The number of rotatable bonds is 3. The molecular weight excluding hydrogens is 264 g/mol. The molecule has 2 aliphatic rings. The van der Waals surface area contributed by atoms with Crippen LogP contribution >= 0.6 is 0 Å². The number of hydrogen-bond donors (Lipinski definition) is 0. The lowest BCUT2D eigenvalue weighted by Crippen LogP contribution is -2.48. The minimum absolute atomic E-state index is 0.347. The van der Waals surface area contributed by atoms with Gasteiger partial charge in [0.1, 0.15) is 0 Å². The highest BCUT2D eigenvalue weighted by Gasteiger charge is 2.37. The maximum Gasteiger partial charge on any atom is 0.318 e. The highest BCUT2D eigenvalue weighted by atomic mass is 16.4. The van der Waals surface area contributed by atoms with E-state index in [1.54, 1.807) is 0 Å². The summed E-state index contributed by atoms with van der Waals surface area (Å²) in [5, 5.41) is 8.47. The van der Waals surface area contributed by atoms with E-state index in [2.05, 4.69) is 47.7 Å². The number of likely N-dealkylation sites (tertiary alicyclic amines) is 1. The molecule has 0 aromatic carbocycles. The van der Waals surface area contributed by atoms with Crippen molar-refractivity contribution < 1.29 is 4.42 Å². The summed E-state index contributed by atoms with van der Waals surface area (Å²) >= 11 is 0. The molecule has 3 heterocycles. The van der Waals surface area contributed by atoms with Crippen LogP contribution in [0.15, 0.2) is 4.42 Å². The highest BCUT2D eigenvalue weighted by Crippen LogP contribution is 2.40. The van der Waals surface area contributed by atoms with Gasteiger partial charge < -0.3 is 9.32 Å². The van der Waals surface area contributed by atoms with Gasteiger partial charge in [0.25, 0.3) is 0 Å². The van der Waals surface area contributed by atoms with Crippen molar-refractivity contribution in [2.45, 2.75) is 53.5 Å². The zero-order chi connectivity index (χ0) is 15.1. The van der Waals surface area contributed by atoms with Crippen LogP contribution in [0, 0.1) is 10.8 Å². The van der Waals surface area contributed by atoms with Crippen molar-refractivity contribution in [2.24, 2.45) is 10.8 Å². The van der Waals surface area contributed by atoms with Crippen molar-refractivity contribution in [3.8, 4) is 0 Å². The maximum atomic E-state index is 5.87. The Morgan fingerprint density at radius 3 is 2.24 bits per heavy atom. The molecule has 0 N–H and O–H groups in total. The summed E-state index contributed by atoms with van der Waals surface area (Å²) in [4.78, 5) is 4.66. The van der Waals surface area contributed by atoms with Crippen LogP contribution in [0.4, 0.5) is 6.01 Å². The molecule has 0 amide bonds. The van der Waals surface area contributed by atoms with Crippen molar-refractivity contribution in [1.82, 2.24) is 15.1 Å². The van der Waals surface area contributed by atoms with E-state index in [9.17, 15) is 0 Å². The summed E-state index contributed by atoms with van der Waals surface area (Å²) in [6.07, 6.45) is 3.72. The van der Waals surface area contributed by atoms with E-state index >= 15 is 0 Å². The van der Waals surface area contributed by atoms with E-state index in [4.69, 9.17) is 4.42 Å². The monoisotopic (exact) mass is 292 g/mol. The second-order valence-electron chi connectivity index (χ2n) is 8.32. The Kier molecular flexibility index (Phi) is 3.72. The lowest BCUT2D eigenvalue weighted by molar-refractivity contribution is 0.0186. The molecule has 2 saturated heterocycles. The fraction of sp³-hybridized carbons (Fsp3) is 0.875. The van der Waals surface area contributed by atoms with Gasteiger partial charge in [-0.05, 0) is 30.1 Å². The third-order valence-corrected chi connectivity index (χ3v) is 4.45. The summed E-state index contributed by atoms with van der Waals surface area (Å²) < 4.78 is 5.87. The van der Waals surface area contributed by atoms with E-state index < -0.39 is 0 Å². The van der Waals surface area contributed by atoms with E-state index in [1.807, 2.05) is 0 Å². The Balaban J connectivity index is 1.66. The minimum Gasteiger partial charge on any atom is -0.407 e. The molecule has 5 nitrogen and oxygen atoms in total. The summed E-state index contributed by atoms with van der Waals surface area (Å²) in [7, 11) is 0. The van der Waals surface area contributed by atoms with Crippen LogP contribution < -0.4 is 4.90 Å². The molecule has 118 valence electrons. The van der Waals surface area contributed by atoms with Crippen LogP contribution in [0.2, 0.25) is 0 Å². The van der Waals surface area contributed by atoms with Crippen LogP contribution in [0.3, 0.4) is 0 Å². The fourth-order valence-electron chi connectivity index (χ4n) is 4.32. The summed E-state index contributed by atoms with van der Waals surface area (Å²) in [6.45, 7) is 14.5. The maximum absolute atomic E-state index is 5.87. The van der Waals surface area contributed by atoms with Crippen LogP contribution in [0.5, 0.6) is 0 Å². The third kappa shape index (κ3) is 3.57. The average Bonchev–Trinajstić information content (AvgIpc) is 2.93. The molecule has 2 fully saturated rings. The summed E-state index contributed by atoms with van der Waals surface area (Å²) in [5.41, 5.74) is 0.694. The Labute approximate surface area is 127 Å². The molecule has 1 aromatic rings. The molecule has 0 saturated carbocycles. The third-order valence-electron chi connectivity index (χ3n) is 4.45. The van der Waals surface area contributed by atoms with Gasteiger partial charge in [-0.15, -0.1) is 5.10 Å². The number of nitrogens with zero attached hydrogens (tertiary/aromatic N) is 4. The van der Waals surface area contributed by atoms with E-state index in [1.165, 1.54) is 19.3 Å². The van der Waals surface area contributed by atoms with Gasteiger partial charge in [-0.1, -0.05) is 32.8 Å². The predicted molar refractivity (Wildman–Crippen MR) is 83.2 cm³/mol. The zero-order valence-corrected chi connectivity index (χ0v) is 13.9. The molecule has 0 radical (unpaired) electrons. The molecule has 21 heavy (non-hydrogen) atoms. The first-order valence-corrected chi connectivity index (χ1v) is 8.13. The molecule has 0 bridgehead atoms. The highest BCUT2D eigenvalue weighted by molar-refractivity contribution is 5.25. The van der Waals surface area contributed by atoms with Crippen LogP contribution in [-0.4, -0.2) is 41.3 Å². The van der Waals surface area contributed by atoms with Crippen molar-refractivity contribution in [3.05, 3.63) is 5.89 Å². The lowest BCUT2D eigenvalue weighted by atomic mass is 9.71. The standard InChI is InChI=1S/C16H28N4O/c1-15(2)10-16(3,4)12-19(11-15)9-13-17-18-14(21-13)20-7-5-6-8-20/h5-12H2,1-4H3. The summed E-state index contributed by atoms with van der Waals surface area (Å²) in [6, 6.07) is 0.707. The number of anilines is 1. The van der Waals surface area contributed by atoms with Crippen molar-refractivity contribution >= 4 is 6.01 Å². The van der Waals surface area contributed by atoms with Crippen LogP contribution in [0.1, 0.15) is 52.8 Å². The summed E-state index contributed by atoms with van der Waals surface area (Å²) in [5.74, 6) is 0.755. The minimum atomic E-state index is 0.347. The van der Waals surface area contributed by atoms with Gasteiger partial charge in [0.05, 0.1) is 6.54 Å². The first kappa shape index (κ1) is 14.8. The van der Waals surface area contributed by atoms with E-state index in [0.717, 1.165) is 38.6 Å². The van der Waals surface area contributed by atoms with Gasteiger partial charge in [-0.25, -0.2) is 0 Å². The van der Waals surface area contributed by atoms with E-state index in [0.29, 0.717) is 16.8 Å². The SMILES string of the molecule is CC1(C)CN(Cc2nnc(N3CCCC3)o2)CC(C)(C)C1. The molecule has 2 aliphatic heterocycles. The Morgan fingerprint density at radius 2 is 1.62 bits per heavy atom. The Bertz CT molecular complexity index is 472. The Morgan fingerprint density at radius 1 is 1.00 bits per heavy atom. The van der Waals surface area contributed by atoms with Crippen molar-refractivity contribution in [2.75, 3.05) is 31.1 Å². The first-order valence-electron chi connectivity index (χ1n) is 8.13. The largest absolute Gasteiger partial charge is 0.407 e. The molecule has 0 spiro atoms. The van der Waals surface area contributed by atoms with Crippen LogP contribution in [-0.2, 0) is 6.54 Å². The first-order chi connectivity index (χ1) is 9.83. The molecule has 1 aromatic heterocycles. The van der Waals surface area contributed by atoms with Crippen LogP contribution in [0.25, 0.3) is 0 Å². The predicted octanol–water partition coefficient (Wildman–Crippen LogP) is 2.93. The topological polar surface area (TPSA) is 45.4 Å². The molecular formula is C16H28N4O. The molecule has 0 aliphatic carbocycles. The van der Waals surface area contributed by atoms with Gasteiger partial charge in [-0.3, -0.25) is 4.90 Å². The van der Waals surface area contributed by atoms with Gasteiger partial charge in [0, 0.05) is 26.2 Å². The molecule has 3 rings (SSSR count). The van der Waals surface area contributed by atoms with Gasteiger partial charge >= 0.3 is 6.01 Å². The van der Waals surface area contributed by atoms with Gasteiger partial charge in [0.15, 0.2) is 0 Å². The van der Waals surface area contributed by atoms with Gasteiger partial charge in [0.2, 0.25) is 5.89 Å². The number of hydrogen-bond acceptors (Lipinski definition) is 5. The molecule has 5 heteroatoms. The number of aromatic nitrogens is 2. The fourth-order valence-corrected chi connectivity index (χ4v) is 4.32.